The van der Waals surface area contributed by atoms with E-state index >= 15 is 0 Å². The molecule has 0 radical (unpaired) electrons. The van der Waals surface area contributed by atoms with Crippen molar-refractivity contribution in [3.8, 4) is 11.5 Å². The zero-order valence-electron chi connectivity index (χ0n) is 23.6. The summed E-state index contributed by atoms with van der Waals surface area (Å²) in [6.07, 6.45) is 0.345. The summed E-state index contributed by atoms with van der Waals surface area (Å²) >= 11 is 0. The van der Waals surface area contributed by atoms with E-state index < -0.39 is 28.5 Å². The fourth-order valence-electron chi connectivity index (χ4n) is 4.41. The third-order valence-electron chi connectivity index (χ3n) is 6.60. The van der Waals surface area contributed by atoms with Gasteiger partial charge in [0.2, 0.25) is 11.8 Å². The molecule has 1 atom stereocenters. The smallest absolute Gasteiger partial charge is 0.264 e. The van der Waals surface area contributed by atoms with E-state index in [2.05, 4.69) is 5.32 Å². The zero-order valence-corrected chi connectivity index (χ0v) is 24.4. The zero-order chi connectivity index (χ0) is 29.3. The predicted octanol–water partition coefficient (Wildman–Crippen LogP) is 4.15. The fraction of sp³-hybridized carbons (Fsp3) is 0.333. The van der Waals surface area contributed by atoms with Crippen LogP contribution in [0.4, 0.5) is 5.69 Å². The number of methoxy groups -OCH3 is 2. The molecule has 0 aliphatic carbocycles. The summed E-state index contributed by atoms with van der Waals surface area (Å²) in [6.45, 7) is 5.52. The Labute approximate surface area is 236 Å². The first-order chi connectivity index (χ1) is 19.2. The maximum absolute atomic E-state index is 14.2. The highest BCUT2D eigenvalue weighted by Gasteiger charge is 2.35. The van der Waals surface area contributed by atoms with Crippen LogP contribution in [0.25, 0.3) is 0 Å². The number of nitrogens with one attached hydrogen (secondary N) is 1. The molecule has 0 saturated heterocycles. The summed E-state index contributed by atoms with van der Waals surface area (Å²) in [5.74, 6) is -0.203. The van der Waals surface area contributed by atoms with Crippen LogP contribution in [0.3, 0.4) is 0 Å². The third-order valence-corrected chi connectivity index (χ3v) is 8.38. The lowest BCUT2D eigenvalue weighted by molar-refractivity contribution is -0.140. The van der Waals surface area contributed by atoms with Gasteiger partial charge in [0.15, 0.2) is 0 Å². The minimum atomic E-state index is -4.23. The first-order valence-electron chi connectivity index (χ1n) is 13.1. The number of ether oxygens (including phenoxy) is 2. The minimum absolute atomic E-state index is 0.00824. The predicted molar refractivity (Wildman–Crippen MR) is 155 cm³/mol. The topological polar surface area (TPSA) is 105 Å². The Morgan fingerprint density at radius 3 is 2.20 bits per heavy atom. The van der Waals surface area contributed by atoms with Gasteiger partial charge >= 0.3 is 0 Å². The van der Waals surface area contributed by atoms with E-state index in [4.69, 9.17) is 9.47 Å². The van der Waals surface area contributed by atoms with E-state index in [0.717, 1.165) is 15.4 Å². The number of carbonyl (C=O) groups excluding carboxylic acids is 2. The molecular formula is C30H37N3O6S. The van der Waals surface area contributed by atoms with E-state index in [-0.39, 0.29) is 28.8 Å². The summed E-state index contributed by atoms with van der Waals surface area (Å²) in [5.41, 5.74) is 1.95. The molecule has 0 heterocycles. The van der Waals surface area contributed by atoms with Gasteiger partial charge < -0.3 is 19.7 Å². The molecule has 40 heavy (non-hydrogen) atoms. The summed E-state index contributed by atoms with van der Waals surface area (Å²) < 4.78 is 39.9. The van der Waals surface area contributed by atoms with Gasteiger partial charge in [0.25, 0.3) is 10.0 Å². The van der Waals surface area contributed by atoms with Gasteiger partial charge in [-0.05, 0) is 55.7 Å². The number of sulfonamides is 1. The molecule has 0 aliphatic rings. The molecule has 0 fully saturated rings. The van der Waals surface area contributed by atoms with Crippen LogP contribution in [0.1, 0.15) is 31.4 Å². The van der Waals surface area contributed by atoms with Gasteiger partial charge in [0, 0.05) is 19.2 Å². The van der Waals surface area contributed by atoms with E-state index in [1.54, 1.807) is 37.3 Å². The number of likely N-dealkylation sites (N-methyl/N-ethyl adjacent to an activating group) is 1. The van der Waals surface area contributed by atoms with Crippen LogP contribution in [0.2, 0.25) is 0 Å². The first-order valence-corrected chi connectivity index (χ1v) is 14.5. The summed E-state index contributed by atoms with van der Waals surface area (Å²) in [7, 11) is -1.34. The minimum Gasteiger partial charge on any atom is -0.497 e. The van der Waals surface area contributed by atoms with Crippen molar-refractivity contribution >= 4 is 27.5 Å². The Hall–Kier alpha value is -4.05. The van der Waals surface area contributed by atoms with Crippen molar-refractivity contribution in [1.82, 2.24) is 10.2 Å². The van der Waals surface area contributed by atoms with Crippen molar-refractivity contribution in [2.24, 2.45) is 0 Å². The second-order valence-corrected chi connectivity index (χ2v) is 11.0. The highest BCUT2D eigenvalue weighted by atomic mass is 32.2. The normalized spacial score (nSPS) is 11.8. The van der Waals surface area contributed by atoms with Crippen molar-refractivity contribution in [2.45, 2.75) is 44.7 Å². The van der Waals surface area contributed by atoms with Crippen molar-refractivity contribution in [1.29, 1.82) is 0 Å². The number of rotatable bonds is 13. The fourth-order valence-corrected chi connectivity index (χ4v) is 5.84. The molecule has 0 unspecified atom stereocenters. The average molecular weight is 568 g/mol. The monoisotopic (exact) mass is 567 g/mol. The van der Waals surface area contributed by atoms with Gasteiger partial charge in [-0.2, -0.15) is 0 Å². The van der Waals surface area contributed by atoms with Crippen molar-refractivity contribution < 1.29 is 27.5 Å². The lowest BCUT2D eigenvalue weighted by Gasteiger charge is -2.33. The highest BCUT2D eigenvalue weighted by molar-refractivity contribution is 7.92. The summed E-state index contributed by atoms with van der Waals surface area (Å²) in [4.78, 5) is 28.7. The summed E-state index contributed by atoms with van der Waals surface area (Å²) in [5, 5.41) is 2.81. The van der Waals surface area contributed by atoms with Gasteiger partial charge in [-0.15, -0.1) is 0 Å². The largest absolute Gasteiger partial charge is 0.497 e. The summed E-state index contributed by atoms with van der Waals surface area (Å²) in [6, 6.07) is 19.4. The van der Waals surface area contributed by atoms with Crippen LogP contribution in [-0.4, -0.2) is 58.5 Å². The quantitative estimate of drug-likeness (QED) is 0.333. The van der Waals surface area contributed by atoms with Gasteiger partial charge in [0.05, 0.1) is 24.8 Å². The Morgan fingerprint density at radius 2 is 1.60 bits per heavy atom. The number of hydrogen-bond acceptors (Lipinski definition) is 6. The standard InChI is InChI=1S/C30H37N3O6S/c1-6-26(30(35)31-7-2)32(20-23-14-12-11-13-22(23)3)29(34)21-33(40(36,37)25-15-9-8-10-16-25)27-19-24(38-4)17-18-28(27)39-5/h8-19,26H,6-7,20-21H2,1-5H3,(H,31,35)/t26-/m0/s1. The maximum atomic E-state index is 14.2. The van der Waals surface area contributed by atoms with Crippen molar-refractivity contribution in [3.05, 3.63) is 83.9 Å². The molecule has 0 aromatic heterocycles. The van der Waals surface area contributed by atoms with Crippen molar-refractivity contribution in [3.63, 3.8) is 0 Å². The molecule has 0 aliphatic heterocycles. The lowest BCUT2D eigenvalue weighted by Crippen LogP contribution is -2.52. The average Bonchev–Trinajstić information content (AvgIpc) is 2.96. The number of benzene rings is 3. The molecule has 0 saturated carbocycles. The molecule has 0 bridgehead atoms. The van der Waals surface area contributed by atoms with E-state index in [1.807, 2.05) is 38.1 Å². The van der Waals surface area contributed by atoms with Gasteiger partial charge in [-0.3, -0.25) is 13.9 Å². The van der Waals surface area contributed by atoms with E-state index in [1.165, 1.54) is 37.3 Å². The molecular weight excluding hydrogens is 530 g/mol. The lowest BCUT2D eigenvalue weighted by atomic mass is 10.1. The molecule has 1 N–H and O–H groups in total. The Balaban J connectivity index is 2.15. The second-order valence-electron chi connectivity index (χ2n) is 9.13. The SMILES string of the molecule is CCNC(=O)[C@H](CC)N(Cc1ccccc1C)C(=O)CN(c1cc(OC)ccc1OC)S(=O)(=O)c1ccccc1. The van der Waals surface area contributed by atoms with E-state index in [0.29, 0.717) is 18.7 Å². The van der Waals surface area contributed by atoms with Crippen LogP contribution >= 0.6 is 0 Å². The Morgan fingerprint density at radius 1 is 0.925 bits per heavy atom. The van der Waals surface area contributed by atoms with Gasteiger partial charge in [-0.1, -0.05) is 49.4 Å². The van der Waals surface area contributed by atoms with Crippen LogP contribution < -0.4 is 19.1 Å². The number of hydrogen-bond donors (Lipinski definition) is 1. The molecule has 3 aromatic carbocycles. The van der Waals surface area contributed by atoms with E-state index in [9.17, 15) is 18.0 Å². The number of anilines is 1. The second kappa shape index (κ2) is 13.8. The molecule has 2 amide bonds. The molecule has 0 spiro atoms. The van der Waals surface area contributed by atoms with Gasteiger partial charge in [-0.25, -0.2) is 8.42 Å². The third kappa shape index (κ3) is 6.93. The Kier molecular flexibility index (Phi) is 10.6. The van der Waals surface area contributed by atoms with Crippen molar-refractivity contribution in [2.75, 3.05) is 31.6 Å². The number of aryl methyl sites for hydroxylation is 1. The number of carbonyl (C=O) groups is 2. The first kappa shape index (κ1) is 30.5. The molecule has 3 aromatic rings. The number of amides is 2. The molecule has 9 nitrogen and oxygen atoms in total. The van der Waals surface area contributed by atoms with Crippen LogP contribution in [-0.2, 0) is 26.2 Å². The van der Waals surface area contributed by atoms with Crippen LogP contribution in [0.15, 0.2) is 77.7 Å². The Bertz CT molecular complexity index is 1410. The molecule has 3 rings (SSSR count). The highest BCUT2D eigenvalue weighted by Crippen LogP contribution is 2.36. The van der Waals surface area contributed by atoms with Gasteiger partial charge in [0.1, 0.15) is 24.1 Å². The van der Waals surface area contributed by atoms with Crippen LogP contribution in [0.5, 0.6) is 11.5 Å². The van der Waals surface area contributed by atoms with Crippen LogP contribution in [0, 0.1) is 6.92 Å². The molecule has 214 valence electrons. The maximum Gasteiger partial charge on any atom is 0.264 e. The number of nitrogens with zero attached hydrogens (tertiary/aromatic N) is 2. The molecule has 10 heteroatoms.